The van der Waals surface area contributed by atoms with Crippen molar-refractivity contribution in [2.45, 2.75) is 0 Å². The zero-order valence-corrected chi connectivity index (χ0v) is 19.5. The van der Waals surface area contributed by atoms with Crippen LogP contribution in [-0.4, -0.2) is 36.7 Å². The molecule has 0 aliphatic heterocycles. The van der Waals surface area contributed by atoms with Gasteiger partial charge in [0.2, 0.25) is 0 Å². The molecule has 0 fully saturated rings. The Morgan fingerprint density at radius 3 is 1.94 bits per heavy atom. The first-order chi connectivity index (χ1) is 16.5. The van der Waals surface area contributed by atoms with Crippen LogP contribution in [0.3, 0.4) is 0 Å². The van der Waals surface area contributed by atoms with Crippen molar-refractivity contribution in [3.8, 4) is 17.2 Å². The maximum absolute atomic E-state index is 12.3. The largest absolute Gasteiger partial charge is 0.490 e. The van der Waals surface area contributed by atoms with Crippen LogP contribution in [0.2, 0.25) is 5.02 Å². The van der Waals surface area contributed by atoms with Crippen LogP contribution in [0.25, 0.3) is 0 Å². The summed E-state index contributed by atoms with van der Waals surface area (Å²) in [4.78, 5) is 24.2. The van der Waals surface area contributed by atoms with E-state index < -0.39 is 11.8 Å². The van der Waals surface area contributed by atoms with Gasteiger partial charge in [0.25, 0.3) is 11.8 Å². The molecule has 0 radical (unpaired) electrons. The molecule has 0 bridgehead atoms. The Balaban J connectivity index is 1.33. The summed E-state index contributed by atoms with van der Waals surface area (Å²) in [5.41, 5.74) is 5.16. The summed E-state index contributed by atoms with van der Waals surface area (Å²) in [6.07, 6.45) is 0. The van der Waals surface area contributed by atoms with Crippen molar-refractivity contribution in [1.82, 2.24) is 16.2 Å². The van der Waals surface area contributed by atoms with E-state index in [0.29, 0.717) is 35.3 Å². The number of hydrogen-bond donors (Lipinski definition) is 3. The number of rotatable bonds is 9. The van der Waals surface area contributed by atoms with Crippen LogP contribution in [0.15, 0.2) is 78.9 Å². The van der Waals surface area contributed by atoms with Crippen LogP contribution in [0.5, 0.6) is 17.2 Å². The fourth-order valence-corrected chi connectivity index (χ4v) is 2.86. The lowest BCUT2D eigenvalue weighted by molar-refractivity contribution is -0.123. The van der Waals surface area contributed by atoms with Gasteiger partial charge in [0, 0.05) is 10.6 Å². The lowest BCUT2D eigenvalue weighted by atomic mass is 10.2. The van der Waals surface area contributed by atoms with Gasteiger partial charge in [-0.15, -0.1) is 0 Å². The van der Waals surface area contributed by atoms with Crippen LogP contribution < -0.4 is 30.4 Å². The van der Waals surface area contributed by atoms with Gasteiger partial charge < -0.3 is 14.2 Å². The van der Waals surface area contributed by atoms with Gasteiger partial charge in [-0.25, -0.2) is 0 Å². The highest BCUT2D eigenvalue weighted by atomic mass is 35.5. The fourth-order valence-electron chi connectivity index (χ4n) is 2.59. The highest BCUT2D eigenvalue weighted by Gasteiger charge is 2.09. The van der Waals surface area contributed by atoms with E-state index in [0.717, 1.165) is 5.75 Å². The van der Waals surface area contributed by atoms with Crippen molar-refractivity contribution in [3.05, 3.63) is 89.4 Å². The van der Waals surface area contributed by atoms with Crippen LogP contribution in [0, 0.1) is 0 Å². The highest BCUT2D eigenvalue weighted by molar-refractivity contribution is 7.80. The summed E-state index contributed by atoms with van der Waals surface area (Å²) in [7, 11) is 0. The fraction of sp³-hybridized carbons (Fsp3) is 0.125. The molecule has 10 heteroatoms. The van der Waals surface area contributed by atoms with Crippen molar-refractivity contribution >= 4 is 40.7 Å². The van der Waals surface area contributed by atoms with Gasteiger partial charge in [0.15, 0.2) is 11.7 Å². The van der Waals surface area contributed by atoms with Gasteiger partial charge in [0.05, 0.1) is 0 Å². The summed E-state index contributed by atoms with van der Waals surface area (Å²) in [6, 6.07) is 22.6. The molecule has 0 spiro atoms. The number of benzene rings is 3. The van der Waals surface area contributed by atoms with E-state index in [9.17, 15) is 9.59 Å². The molecule has 34 heavy (non-hydrogen) atoms. The predicted molar refractivity (Wildman–Crippen MR) is 132 cm³/mol. The number of amides is 2. The summed E-state index contributed by atoms with van der Waals surface area (Å²) >= 11 is 10.8. The maximum Gasteiger partial charge on any atom is 0.276 e. The molecular weight excluding hydrogens is 478 g/mol. The minimum atomic E-state index is -0.482. The van der Waals surface area contributed by atoms with Crippen molar-refractivity contribution in [2.75, 3.05) is 19.8 Å². The minimum Gasteiger partial charge on any atom is -0.490 e. The SMILES string of the molecule is O=C(COc1ccc(Cl)cc1)NNC(=S)NC(=O)c1ccc(OCCOc2ccccc2)cc1. The molecule has 3 N–H and O–H groups in total. The molecule has 3 rings (SSSR count). The number of thiocarbonyl (C=S) groups is 1. The van der Waals surface area contributed by atoms with Crippen molar-refractivity contribution in [1.29, 1.82) is 0 Å². The Kier molecular flexibility index (Phi) is 9.51. The molecule has 8 nitrogen and oxygen atoms in total. The number of halogens is 1. The summed E-state index contributed by atoms with van der Waals surface area (Å²) in [6.45, 7) is 0.502. The molecule has 0 saturated heterocycles. The van der Waals surface area contributed by atoms with E-state index in [1.165, 1.54) is 0 Å². The zero-order chi connectivity index (χ0) is 24.2. The van der Waals surface area contributed by atoms with Crippen LogP contribution >= 0.6 is 23.8 Å². The smallest absolute Gasteiger partial charge is 0.276 e. The predicted octanol–water partition coefficient (Wildman–Crippen LogP) is 3.51. The van der Waals surface area contributed by atoms with E-state index in [1.807, 2.05) is 30.3 Å². The summed E-state index contributed by atoms with van der Waals surface area (Å²) in [5, 5.41) is 2.97. The molecule has 0 heterocycles. The van der Waals surface area contributed by atoms with E-state index in [-0.39, 0.29) is 11.7 Å². The van der Waals surface area contributed by atoms with Crippen LogP contribution in [-0.2, 0) is 4.79 Å². The number of carbonyl (C=O) groups is 2. The molecule has 3 aromatic carbocycles. The lowest BCUT2D eigenvalue weighted by Crippen LogP contribution is -2.49. The molecule has 0 atom stereocenters. The van der Waals surface area contributed by atoms with Gasteiger partial charge in [-0.05, 0) is 72.9 Å². The third-order valence-electron chi connectivity index (χ3n) is 4.21. The van der Waals surface area contributed by atoms with E-state index in [2.05, 4.69) is 16.2 Å². The average molecular weight is 500 g/mol. The Morgan fingerprint density at radius 2 is 1.29 bits per heavy atom. The molecule has 0 unspecified atom stereocenters. The number of ether oxygens (including phenoxy) is 3. The quantitative estimate of drug-likeness (QED) is 0.235. The van der Waals surface area contributed by atoms with Crippen molar-refractivity contribution < 1.29 is 23.8 Å². The van der Waals surface area contributed by atoms with Crippen molar-refractivity contribution in [3.63, 3.8) is 0 Å². The monoisotopic (exact) mass is 499 g/mol. The summed E-state index contributed by atoms with van der Waals surface area (Å²) < 4.78 is 16.5. The Labute approximate surface area is 207 Å². The van der Waals surface area contributed by atoms with E-state index >= 15 is 0 Å². The number of carbonyl (C=O) groups excluding carboxylic acids is 2. The van der Waals surface area contributed by atoms with Gasteiger partial charge >= 0.3 is 0 Å². The second-order valence-electron chi connectivity index (χ2n) is 6.73. The van der Waals surface area contributed by atoms with E-state index in [1.54, 1.807) is 48.5 Å². The number of hydrogen-bond acceptors (Lipinski definition) is 6. The minimum absolute atomic E-state index is 0.0665. The number of nitrogens with one attached hydrogen (secondary N) is 3. The van der Waals surface area contributed by atoms with Gasteiger partial charge in [-0.1, -0.05) is 29.8 Å². The molecule has 3 aromatic rings. The van der Waals surface area contributed by atoms with Gasteiger partial charge in [-0.2, -0.15) is 0 Å². The zero-order valence-electron chi connectivity index (χ0n) is 18.0. The normalized spacial score (nSPS) is 10.0. The summed E-state index contributed by atoms with van der Waals surface area (Å²) in [5.74, 6) is 0.939. The standard InChI is InChI=1S/C24H22ClN3O5S/c25-18-8-12-21(13-9-18)33-16-22(29)27-28-24(34)26-23(30)17-6-10-20(11-7-17)32-15-14-31-19-4-2-1-3-5-19/h1-13H,14-16H2,(H,27,29)(H2,26,28,30,34). The second kappa shape index (κ2) is 13.0. The van der Waals surface area contributed by atoms with Crippen molar-refractivity contribution in [2.24, 2.45) is 0 Å². The number of para-hydroxylation sites is 1. The Bertz CT molecular complexity index is 1100. The Morgan fingerprint density at radius 1 is 0.735 bits per heavy atom. The molecule has 0 saturated carbocycles. The molecule has 176 valence electrons. The third-order valence-corrected chi connectivity index (χ3v) is 4.66. The van der Waals surface area contributed by atoms with Crippen LogP contribution in [0.4, 0.5) is 0 Å². The first-order valence-corrected chi connectivity index (χ1v) is 11.0. The van der Waals surface area contributed by atoms with E-state index in [4.69, 9.17) is 38.0 Å². The average Bonchev–Trinajstić information content (AvgIpc) is 2.86. The number of hydrazine groups is 1. The first-order valence-electron chi connectivity index (χ1n) is 10.2. The van der Waals surface area contributed by atoms with Gasteiger partial charge in [0.1, 0.15) is 30.5 Å². The van der Waals surface area contributed by atoms with Gasteiger partial charge in [-0.3, -0.25) is 25.8 Å². The first kappa shape index (κ1) is 24.8. The Hall–Kier alpha value is -3.82. The molecule has 0 aliphatic rings. The topological polar surface area (TPSA) is 97.9 Å². The molecule has 2 amide bonds. The second-order valence-corrected chi connectivity index (χ2v) is 7.58. The molecule has 0 aromatic heterocycles. The van der Waals surface area contributed by atoms with Crippen LogP contribution in [0.1, 0.15) is 10.4 Å². The molecule has 0 aliphatic carbocycles. The molecular formula is C24H22ClN3O5S. The third kappa shape index (κ3) is 8.61. The maximum atomic E-state index is 12.3. The lowest BCUT2D eigenvalue weighted by Gasteiger charge is -2.12. The highest BCUT2D eigenvalue weighted by Crippen LogP contribution is 2.15.